The molecule has 3 heteroatoms. The van der Waals surface area contributed by atoms with Crippen LogP contribution in [0.4, 0.5) is 0 Å². The molecule has 0 spiro atoms. The fourth-order valence-electron chi connectivity index (χ4n) is 2.01. The molecule has 0 radical (unpaired) electrons. The molecule has 0 amide bonds. The largest absolute Gasteiger partial charge is 0.379 e. The van der Waals surface area contributed by atoms with E-state index < -0.39 is 0 Å². The highest BCUT2D eigenvalue weighted by Gasteiger charge is 2.24. The Bertz CT molecular complexity index is 159. The first kappa shape index (κ1) is 12.0. The van der Waals surface area contributed by atoms with Crippen LogP contribution in [0.3, 0.4) is 0 Å². The van der Waals surface area contributed by atoms with Crippen LogP contribution in [0.25, 0.3) is 0 Å². The second kappa shape index (κ2) is 5.10. The van der Waals surface area contributed by atoms with Gasteiger partial charge in [-0.05, 0) is 11.8 Å². The van der Waals surface area contributed by atoms with Gasteiger partial charge >= 0.3 is 0 Å². The first-order valence-electron chi connectivity index (χ1n) is 5.55. The molecule has 1 saturated heterocycles. The van der Waals surface area contributed by atoms with Crippen molar-refractivity contribution >= 4 is 0 Å². The smallest absolute Gasteiger partial charge is 0.0594 e. The van der Waals surface area contributed by atoms with E-state index in [2.05, 4.69) is 25.7 Å². The van der Waals surface area contributed by atoms with Gasteiger partial charge in [-0.25, -0.2) is 0 Å². The molecule has 0 aromatic rings. The minimum Gasteiger partial charge on any atom is -0.379 e. The van der Waals surface area contributed by atoms with Gasteiger partial charge in [0.05, 0.1) is 13.2 Å². The lowest BCUT2D eigenvalue weighted by molar-refractivity contribution is 0.00991. The van der Waals surface area contributed by atoms with Crippen molar-refractivity contribution in [2.75, 3.05) is 32.8 Å². The number of rotatable bonds is 3. The third-order valence-electron chi connectivity index (χ3n) is 2.68. The van der Waals surface area contributed by atoms with Crippen molar-refractivity contribution in [3.8, 4) is 0 Å². The van der Waals surface area contributed by atoms with Crippen LogP contribution in [-0.4, -0.2) is 43.8 Å². The summed E-state index contributed by atoms with van der Waals surface area (Å²) in [5.74, 6) is 0. The summed E-state index contributed by atoms with van der Waals surface area (Å²) in [5, 5.41) is 0. The average molecular weight is 200 g/mol. The Morgan fingerprint density at radius 3 is 2.29 bits per heavy atom. The van der Waals surface area contributed by atoms with Crippen LogP contribution in [-0.2, 0) is 4.74 Å². The maximum Gasteiger partial charge on any atom is 0.0594 e. The van der Waals surface area contributed by atoms with Gasteiger partial charge in [-0.1, -0.05) is 20.8 Å². The third kappa shape index (κ3) is 3.95. The molecule has 0 aromatic heterocycles. The normalized spacial score (nSPS) is 22.3. The summed E-state index contributed by atoms with van der Waals surface area (Å²) in [6.07, 6.45) is 1.17. The number of nitrogens with two attached hydrogens (primary N) is 1. The Balaban J connectivity index is 2.43. The molecular formula is C11H24N2O. The highest BCUT2D eigenvalue weighted by molar-refractivity contribution is 4.79. The maximum absolute atomic E-state index is 5.83. The summed E-state index contributed by atoms with van der Waals surface area (Å²) in [5.41, 5.74) is 6.19. The predicted octanol–water partition coefficient (Wildman–Crippen LogP) is 1.08. The highest BCUT2D eigenvalue weighted by Crippen LogP contribution is 2.23. The molecule has 0 aliphatic carbocycles. The van der Waals surface area contributed by atoms with Gasteiger partial charge in [-0.15, -0.1) is 0 Å². The fraction of sp³-hybridized carbons (Fsp3) is 1.00. The topological polar surface area (TPSA) is 38.5 Å². The summed E-state index contributed by atoms with van der Waals surface area (Å²) >= 11 is 0. The Kier molecular flexibility index (Phi) is 4.35. The molecule has 2 N–H and O–H groups in total. The molecule has 0 saturated carbocycles. The summed E-state index contributed by atoms with van der Waals surface area (Å²) in [7, 11) is 0. The van der Waals surface area contributed by atoms with E-state index in [1.807, 2.05) is 0 Å². The molecule has 84 valence electrons. The SMILES string of the molecule is CC(C)(C)CC(CN)N1CCOCC1. The van der Waals surface area contributed by atoms with Crippen LogP contribution in [0, 0.1) is 5.41 Å². The molecule has 0 aromatic carbocycles. The molecule has 14 heavy (non-hydrogen) atoms. The van der Waals surface area contributed by atoms with Gasteiger partial charge < -0.3 is 10.5 Å². The first-order chi connectivity index (χ1) is 6.53. The van der Waals surface area contributed by atoms with E-state index in [0.717, 1.165) is 32.8 Å². The predicted molar refractivity (Wildman–Crippen MR) is 59.3 cm³/mol. The van der Waals surface area contributed by atoms with E-state index in [9.17, 15) is 0 Å². The number of hydrogen-bond donors (Lipinski definition) is 1. The van der Waals surface area contributed by atoms with Gasteiger partial charge in [-0.2, -0.15) is 0 Å². The quantitative estimate of drug-likeness (QED) is 0.741. The van der Waals surface area contributed by atoms with Crippen molar-refractivity contribution in [1.82, 2.24) is 4.90 Å². The van der Waals surface area contributed by atoms with Gasteiger partial charge in [-0.3, -0.25) is 4.90 Å². The monoisotopic (exact) mass is 200 g/mol. The Morgan fingerprint density at radius 1 is 1.29 bits per heavy atom. The molecular weight excluding hydrogens is 176 g/mol. The van der Waals surface area contributed by atoms with Gasteiger partial charge in [0.25, 0.3) is 0 Å². The molecule has 1 heterocycles. The van der Waals surface area contributed by atoms with Crippen LogP contribution >= 0.6 is 0 Å². The van der Waals surface area contributed by atoms with Crippen LogP contribution in [0.1, 0.15) is 27.2 Å². The van der Waals surface area contributed by atoms with Crippen molar-refractivity contribution in [3.63, 3.8) is 0 Å². The van der Waals surface area contributed by atoms with Crippen molar-refractivity contribution in [3.05, 3.63) is 0 Å². The molecule has 1 aliphatic rings. The summed E-state index contributed by atoms with van der Waals surface area (Å²) in [6.45, 7) is 11.4. The molecule has 0 bridgehead atoms. The Morgan fingerprint density at radius 2 is 1.86 bits per heavy atom. The lowest BCUT2D eigenvalue weighted by Gasteiger charge is -2.37. The number of hydrogen-bond acceptors (Lipinski definition) is 3. The zero-order valence-corrected chi connectivity index (χ0v) is 9.75. The summed E-state index contributed by atoms with van der Waals surface area (Å²) in [4.78, 5) is 2.47. The van der Waals surface area contributed by atoms with Crippen molar-refractivity contribution in [1.29, 1.82) is 0 Å². The van der Waals surface area contributed by atoms with E-state index in [0.29, 0.717) is 11.5 Å². The van der Waals surface area contributed by atoms with Crippen molar-refractivity contribution in [2.24, 2.45) is 11.1 Å². The Hall–Kier alpha value is -0.120. The minimum atomic E-state index is 0.363. The van der Waals surface area contributed by atoms with Gasteiger partial charge in [0.2, 0.25) is 0 Å². The maximum atomic E-state index is 5.83. The van der Waals surface area contributed by atoms with E-state index in [1.165, 1.54) is 6.42 Å². The zero-order chi connectivity index (χ0) is 10.6. The van der Waals surface area contributed by atoms with Crippen LogP contribution < -0.4 is 5.73 Å². The third-order valence-corrected chi connectivity index (χ3v) is 2.68. The first-order valence-corrected chi connectivity index (χ1v) is 5.55. The molecule has 1 atom stereocenters. The van der Waals surface area contributed by atoms with E-state index in [4.69, 9.17) is 10.5 Å². The van der Waals surface area contributed by atoms with Crippen LogP contribution in [0.5, 0.6) is 0 Å². The lowest BCUT2D eigenvalue weighted by atomic mass is 9.87. The van der Waals surface area contributed by atoms with E-state index >= 15 is 0 Å². The summed E-state index contributed by atoms with van der Waals surface area (Å²) < 4.78 is 5.34. The lowest BCUT2D eigenvalue weighted by Crippen LogP contribution is -2.48. The van der Waals surface area contributed by atoms with E-state index in [-0.39, 0.29) is 0 Å². The van der Waals surface area contributed by atoms with E-state index in [1.54, 1.807) is 0 Å². The number of nitrogens with zero attached hydrogens (tertiary/aromatic N) is 1. The second-order valence-electron chi connectivity index (χ2n) is 5.30. The fourth-order valence-corrected chi connectivity index (χ4v) is 2.01. The zero-order valence-electron chi connectivity index (χ0n) is 9.75. The summed E-state index contributed by atoms with van der Waals surface area (Å²) in [6, 6.07) is 0.527. The molecule has 3 nitrogen and oxygen atoms in total. The van der Waals surface area contributed by atoms with Crippen molar-refractivity contribution in [2.45, 2.75) is 33.2 Å². The van der Waals surface area contributed by atoms with Gasteiger partial charge in [0.1, 0.15) is 0 Å². The number of morpholine rings is 1. The van der Waals surface area contributed by atoms with Gasteiger partial charge in [0.15, 0.2) is 0 Å². The van der Waals surface area contributed by atoms with Crippen molar-refractivity contribution < 1.29 is 4.74 Å². The molecule has 1 aliphatic heterocycles. The van der Waals surface area contributed by atoms with Crippen LogP contribution in [0.15, 0.2) is 0 Å². The number of ether oxygens (including phenoxy) is 1. The average Bonchev–Trinajstić information content (AvgIpc) is 2.14. The Labute approximate surface area is 87.6 Å². The minimum absolute atomic E-state index is 0.363. The van der Waals surface area contributed by atoms with Gasteiger partial charge in [0, 0.05) is 25.7 Å². The second-order valence-corrected chi connectivity index (χ2v) is 5.30. The molecule has 1 unspecified atom stereocenters. The highest BCUT2D eigenvalue weighted by atomic mass is 16.5. The standard InChI is InChI=1S/C11H24N2O/c1-11(2,3)8-10(9-12)13-4-6-14-7-5-13/h10H,4-9,12H2,1-3H3. The van der Waals surface area contributed by atoms with Crippen LogP contribution in [0.2, 0.25) is 0 Å². The molecule has 1 rings (SSSR count). The molecule has 1 fully saturated rings.